The quantitative estimate of drug-likeness (QED) is 0.706. The Hall–Kier alpha value is -1.48. The Labute approximate surface area is 91.2 Å². The van der Waals surface area contributed by atoms with Crippen molar-refractivity contribution in [3.8, 4) is 10.4 Å². The number of carbonyl (C=O) groups excluding carboxylic acids is 1. The average molecular weight is 220 g/mol. The molecule has 0 saturated heterocycles. The fourth-order valence-corrected chi connectivity index (χ4v) is 2.27. The number of halogens is 1. The topological polar surface area (TPSA) is 17.1 Å². The molecule has 0 atom stereocenters. The number of hydrogen-bond donors (Lipinski definition) is 0. The summed E-state index contributed by atoms with van der Waals surface area (Å²) in [6.07, 6.45) is 0.772. The lowest BCUT2D eigenvalue weighted by Crippen LogP contribution is -1.85. The third-order valence-corrected chi connectivity index (χ3v) is 3.19. The molecular weight excluding hydrogens is 211 g/mol. The van der Waals surface area contributed by atoms with Gasteiger partial charge in [-0.05, 0) is 18.6 Å². The molecule has 0 aliphatic heterocycles. The van der Waals surface area contributed by atoms with E-state index in [1.165, 1.54) is 11.3 Å². The highest BCUT2D eigenvalue weighted by Gasteiger charge is 2.09. The van der Waals surface area contributed by atoms with Crippen LogP contribution in [0.2, 0.25) is 0 Å². The van der Waals surface area contributed by atoms with Crippen LogP contribution in [0.15, 0.2) is 29.6 Å². The Balaban J connectivity index is 2.53. The van der Waals surface area contributed by atoms with Crippen molar-refractivity contribution in [3.63, 3.8) is 0 Å². The number of aryl methyl sites for hydroxylation is 1. The Morgan fingerprint density at radius 1 is 1.40 bits per heavy atom. The van der Waals surface area contributed by atoms with Crippen LogP contribution in [0, 0.1) is 12.7 Å². The van der Waals surface area contributed by atoms with Crippen molar-refractivity contribution < 1.29 is 9.18 Å². The summed E-state index contributed by atoms with van der Waals surface area (Å²) in [5, 5.41) is 1.73. The average Bonchev–Trinajstić information content (AvgIpc) is 2.70. The predicted molar refractivity (Wildman–Crippen MR) is 59.8 cm³/mol. The fourth-order valence-electron chi connectivity index (χ4n) is 1.39. The van der Waals surface area contributed by atoms with E-state index in [0.29, 0.717) is 16.7 Å². The molecule has 0 aliphatic rings. The molecule has 0 saturated carbocycles. The zero-order valence-electron chi connectivity index (χ0n) is 8.16. The van der Waals surface area contributed by atoms with Crippen molar-refractivity contribution >= 4 is 17.6 Å². The van der Waals surface area contributed by atoms with Crippen LogP contribution in [0.1, 0.15) is 15.9 Å². The molecule has 0 spiro atoms. The number of aldehydes is 1. The third kappa shape index (κ3) is 1.83. The van der Waals surface area contributed by atoms with E-state index in [1.54, 1.807) is 30.5 Å². The summed E-state index contributed by atoms with van der Waals surface area (Å²) in [5.74, 6) is -0.211. The lowest BCUT2D eigenvalue weighted by molar-refractivity contribution is 0.112. The maximum Gasteiger partial charge on any atom is 0.150 e. The van der Waals surface area contributed by atoms with Gasteiger partial charge in [-0.15, -0.1) is 11.3 Å². The summed E-state index contributed by atoms with van der Waals surface area (Å²) in [4.78, 5) is 11.3. The van der Waals surface area contributed by atoms with Gasteiger partial charge in [0.25, 0.3) is 0 Å². The fraction of sp³-hybridized carbons (Fsp3) is 0.0833. The monoisotopic (exact) mass is 220 g/mol. The summed E-state index contributed by atoms with van der Waals surface area (Å²) < 4.78 is 13.7. The molecular formula is C12H9FOS. The molecule has 0 fully saturated rings. The molecule has 0 aliphatic carbocycles. The predicted octanol–water partition coefficient (Wildman–Crippen LogP) is 3.68. The summed E-state index contributed by atoms with van der Waals surface area (Å²) in [6.45, 7) is 1.73. The third-order valence-electron chi connectivity index (χ3n) is 2.21. The van der Waals surface area contributed by atoms with Crippen LogP contribution in [-0.4, -0.2) is 6.29 Å². The van der Waals surface area contributed by atoms with Gasteiger partial charge in [0.1, 0.15) is 5.82 Å². The van der Waals surface area contributed by atoms with Crippen LogP contribution < -0.4 is 0 Å². The second-order valence-corrected chi connectivity index (χ2v) is 4.21. The van der Waals surface area contributed by atoms with Gasteiger partial charge in [-0.3, -0.25) is 4.79 Å². The maximum absolute atomic E-state index is 13.7. The van der Waals surface area contributed by atoms with Crippen molar-refractivity contribution in [2.45, 2.75) is 6.92 Å². The Kier molecular flexibility index (Phi) is 2.64. The minimum absolute atomic E-state index is 0.211. The molecule has 1 aromatic carbocycles. The first-order valence-corrected chi connectivity index (χ1v) is 5.39. The highest BCUT2D eigenvalue weighted by atomic mass is 32.1. The summed E-state index contributed by atoms with van der Waals surface area (Å²) in [7, 11) is 0. The second-order valence-electron chi connectivity index (χ2n) is 3.30. The molecule has 0 bridgehead atoms. The van der Waals surface area contributed by atoms with Gasteiger partial charge in [0.15, 0.2) is 6.29 Å². The molecule has 0 amide bonds. The molecule has 1 nitrogen and oxygen atoms in total. The van der Waals surface area contributed by atoms with Crippen LogP contribution in [0.4, 0.5) is 4.39 Å². The van der Waals surface area contributed by atoms with Gasteiger partial charge in [0, 0.05) is 21.4 Å². The number of rotatable bonds is 2. The number of benzene rings is 1. The normalized spacial score (nSPS) is 10.3. The summed E-state index contributed by atoms with van der Waals surface area (Å²) >= 11 is 1.38. The van der Waals surface area contributed by atoms with Crippen LogP contribution in [0.25, 0.3) is 10.4 Å². The van der Waals surface area contributed by atoms with E-state index in [4.69, 9.17) is 0 Å². The molecule has 0 radical (unpaired) electrons. The molecule has 0 N–H and O–H groups in total. The van der Waals surface area contributed by atoms with Crippen LogP contribution in [-0.2, 0) is 0 Å². The van der Waals surface area contributed by atoms with Crippen LogP contribution in [0.5, 0.6) is 0 Å². The highest BCUT2D eigenvalue weighted by Crippen LogP contribution is 2.29. The van der Waals surface area contributed by atoms with Crippen molar-refractivity contribution in [1.82, 2.24) is 0 Å². The number of thiophene rings is 1. The number of hydrogen-bond acceptors (Lipinski definition) is 2. The molecule has 76 valence electrons. The number of carbonyl (C=O) groups is 1. The van der Waals surface area contributed by atoms with E-state index in [0.717, 1.165) is 11.2 Å². The highest BCUT2D eigenvalue weighted by molar-refractivity contribution is 7.13. The van der Waals surface area contributed by atoms with E-state index in [2.05, 4.69) is 0 Å². The van der Waals surface area contributed by atoms with E-state index in [1.807, 2.05) is 6.07 Å². The van der Waals surface area contributed by atoms with Crippen molar-refractivity contribution in [1.29, 1.82) is 0 Å². The molecule has 15 heavy (non-hydrogen) atoms. The van der Waals surface area contributed by atoms with Gasteiger partial charge in [-0.1, -0.05) is 18.2 Å². The van der Waals surface area contributed by atoms with E-state index in [9.17, 15) is 9.18 Å². The van der Waals surface area contributed by atoms with Crippen molar-refractivity contribution in [2.75, 3.05) is 0 Å². The van der Waals surface area contributed by atoms with Gasteiger partial charge in [0.05, 0.1) is 0 Å². The Morgan fingerprint density at radius 2 is 2.20 bits per heavy atom. The SMILES string of the molecule is Cc1cccc(-c2cc(C=O)cs2)c1F. The molecule has 1 aromatic heterocycles. The zero-order chi connectivity index (χ0) is 10.8. The summed E-state index contributed by atoms with van der Waals surface area (Å²) in [6, 6.07) is 6.97. The Morgan fingerprint density at radius 3 is 2.87 bits per heavy atom. The van der Waals surface area contributed by atoms with Crippen LogP contribution in [0.3, 0.4) is 0 Å². The lowest BCUT2D eigenvalue weighted by atomic mass is 10.1. The molecule has 0 unspecified atom stereocenters. The lowest BCUT2D eigenvalue weighted by Gasteiger charge is -2.01. The first-order chi connectivity index (χ1) is 7.22. The second kappa shape index (κ2) is 3.95. The molecule has 1 heterocycles. The van der Waals surface area contributed by atoms with E-state index >= 15 is 0 Å². The van der Waals surface area contributed by atoms with E-state index in [-0.39, 0.29) is 5.82 Å². The molecule has 2 rings (SSSR count). The van der Waals surface area contributed by atoms with Gasteiger partial charge in [-0.25, -0.2) is 4.39 Å². The first-order valence-electron chi connectivity index (χ1n) is 4.51. The maximum atomic E-state index is 13.7. The van der Waals surface area contributed by atoms with E-state index < -0.39 is 0 Å². The van der Waals surface area contributed by atoms with Crippen molar-refractivity contribution in [3.05, 3.63) is 46.6 Å². The van der Waals surface area contributed by atoms with Crippen LogP contribution >= 0.6 is 11.3 Å². The molecule has 2 aromatic rings. The van der Waals surface area contributed by atoms with Gasteiger partial charge in [0.2, 0.25) is 0 Å². The smallest absolute Gasteiger partial charge is 0.150 e. The zero-order valence-corrected chi connectivity index (χ0v) is 8.98. The van der Waals surface area contributed by atoms with Gasteiger partial charge >= 0.3 is 0 Å². The van der Waals surface area contributed by atoms with Crippen molar-refractivity contribution in [2.24, 2.45) is 0 Å². The minimum atomic E-state index is -0.211. The molecule has 3 heteroatoms. The van der Waals surface area contributed by atoms with Gasteiger partial charge < -0.3 is 0 Å². The first kappa shape index (κ1) is 10.1. The standard InChI is InChI=1S/C12H9FOS/c1-8-3-2-4-10(12(8)13)11-5-9(6-14)7-15-11/h2-7H,1H3. The Bertz CT molecular complexity index is 502. The van der Waals surface area contributed by atoms with Gasteiger partial charge in [-0.2, -0.15) is 0 Å². The largest absolute Gasteiger partial charge is 0.298 e. The summed E-state index contributed by atoms with van der Waals surface area (Å²) in [5.41, 5.74) is 1.78. The minimum Gasteiger partial charge on any atom is -0.298 e.